The van der Waals surface area contributed by atoms with Crippen molar-refractivity contribution in [1.82, 2.24) is 19.7 Å². The first-order valence-electron chi connectivity index (χ1n) is 8.33. The molecule has 0 atom stereocenters. The van der Waals surface area contributed by atoms with Crippen LogP contribution < -0.4 is 5.56 Å². The summed E-state index contributed by atoms with van der Waals surface area (Å²) >= 11 is 0. The van der Waals surface area contributed by atoms with E-state index in [1.54, 1.807) is 18.5 Å². The standard InChI is InChI=1S/C20H18N4O2/c1-11-5-7-15(12(2)9-11)19-22-18(23-26-19)14-6-8-17-16(10-14)21-13(3)20(25)24(17)4/h5-10H,1-4H3. The number of hydrogen-bond donors (Lipinski definition) is 0. The second-order valence-corrected chi connectivity index (χ2v) is 6.51. The zero-order chi connectivity index (χ0) is 18.4. The van der Waals surface area contributed by atoms with E-state index in [1.807, 2.05) is 44.2 Å². The average Bonchev–Trinajstić information content (AvgIpc) is 3.09. The number of fused-ring (bicyclic) bond motifs is 1. The maximum Gasteiger partial charge on any atom is 0.272 e. The van der Waals surface area contributed by atoms with Gasteiger partial charge in [0.2, 0.25) is 5.82 Å². The number of aromatic nitrogens is 4. The first kappa shape index (κ1) is 16.2. The number of hydrogen-bond acceptors (Lipinski definition) is 5. The Morgan fingerprint density at radius 3 is 2.58 bits per heavy atom. The summed E-state index contributed by atoms with van der Waals surface area (Å²) in [6, 6.07) is 11.7. The quantitative estimate of drug-likeness (QED) is 0.555. The zero-order valence-corrected chi connectivity index (χ0v) is 15.1. The maximum absolute atomic E-state index is 12.0. The molecule has 0 N–H and O–H groups in total. The summed E-state index contributed by atoms with van der Waals surface area (Å²) in [4.78, 5) is 20.9. The Labute approximate surface area is 150 Å². The molecule has 130 valence electrons. The van der Waals surface area contributed by atoms with Crippen molar-refractivity contribution in [3.8, 4) is 22.8 Å². The molecule has 0 aliphatic heterocycles. The van der Waals surface area contributed by atoms with Crippen LogP contribution in [0.15, 0.2) is 45.7 Å². The second kappa shape index (κ2) is 5.91. The van der Waals surface area contributed by atoms with Crippen molar-refractivity contribution < 1.29 is 4.52 Å². The highest BCUT2D eigenvalue weighted by atomic mass is 16.5. The van der Waals surface area contributed by atoms with E-state index in [1.165, 1.54) is 5.56 Å². The summed E-state index contributed by atoms with van der Waals surface area (Å²) in [5.74, 6) is 0.984. The van der Waals surface area contributed by atoms with Crippen LogP contribution in [0.2, 0.25) is 0 Å². The summed E-state index contributed by atoms with van der Waals surface area (Å²) < 4.78 is 7.06. The molecule has 0 amide bonds. The van der Waals surface area contributed by atoms with Crippen LogP contribution in [0.1, 0.15) is 16.8 Å². The minimum absolute atomic E-state index is 0.0954. The fourth-order valence-corrected chi connectivity index (χ4v) is 3.12. The fourth-order valence-electron chi connectivity index (χ4n) is 3.12. The van der Waals surface area contributed by atoms with Gasteiger partial charge < -0.3 is 9.09 Å². The number of benzene rings is 2. The number of rotatable bonds is 2. The lowest BCUT2D eigenvalue weighted by molar-refractivity contribution is 0.432. The lowest BCUT2D eigenvalue weighted by atomic mass is 10.1. The van der Waals surface area contributed by atoms with Crippen molar-refractivity contribution in [1.29, 1.82) is 0 Å². The van der Waals surface area contributed by atoms with Crippen LogP contribution in [0.5, 0.6) is 0 Å². The average molecular weight is 346 g/mol. The Hall–Kier alpha value is -3.28. The molecule has 0 bridgehead atoms. The highest BCUT2D eigenvalue weighted by molar-refractivity contribution is 5.80. The van der Waals surface area contributed by atoms with Crippen molar-refractivity contribution in [3.05, 3.63) is 63.6 Å². The van der Waals surface area contributed by atoms with Gasteiger partial charge in [0.1, 0.15) is 5.69 Å². The number of nitrogens with zero attached hydrogens (tertiary/aromatic N) is 4. The summed E-state index contributed by atoms with van der Waals surface area (Å²) in [5, 5.41) is 4.11. The Morgan fingerprint density at radius 1 is 1.00 bits per heavy atom. The van der Waals surface area contributed by atoms with Gasteiger partial charge in [-0.05, 0) is 50.6 Å². The first-order chi connectivity index (χ1) is 12.4. The van der Waals surface area contributed by atoms with Crippen molar-refractivity contribution in [2.45, 2.75) is 20.8 Å². The molecular weight excluding hydrogens is 328 g/mol. The van der Waals surface area contributed by atoms with Crippen LogP contribution in [0, 0.1) is 20.8 Å². The van der Waals surface area contributed by atoms with Crippen LogP contribution in [0.25, 0.3) is 33.9 Å². The molecule has 2 aromatic heterocycles. The molecule has 4 aromatic rings. The van der Waals surface area contributed by atoms with Gasteiger partial charge in [0.25, 0.3) is 11.4 Å². The number of aryl methyl sites for hydroxylation is 4. The van der Waals surface area contributed by atoms with E-state index in [-0.39, 0.29) is 5.56 Å². The summed E-state index contributed by atoms with van der Waals surface area (Å²) in [5.41, 5.74) is 5.85. The van der Waals surface area contributed by atoms with Gasteiger partial charge in [0.15, 0.2) is 0 Å². The van der Waals surface area contributed by atoms with E-state index in [0.717, 1.165) is 27.7 Å². The smallest absolute Gasteiger partial charge is 0.272 e. The van der Waals surface area contributed by atoms with Crippen molar-refractivity contribution in [3.63, 3.8) is 0 Å². The van der Waals surface area contributed by atoms with E-state index < -0.39 is 0 Å². The molecule has 0 aliphatic carbocycles. The SMILES string of the molecule is Cc1ccc(-c2nc(-c3ccc4c(c3)nc(C)c(=O)n4C)no2)c(C)c1. The first-order valence-corrected chi connectivity index (χ1v) is 8.33. The highest BCUT2D eigenvalue weighted by Crippen LogP contribution is 2.26. The third-order valence-electron chi connectivity index (χ3n) is 4.54. The normalized spacial score (nSPS) is 11.2. The fraction of sp³-hybridized carbons (Fsp3) is 0.200. The monoisotopic (exact) mass is 346 g/mol. The minimum atomic E-state index is -0.0954. The molecule has 0 aliphatic rings. The predicted octanol–water partition coefficient (Wildman–Crippen LogP) is 3.58. The second-order valence-electron chi connectivity index (χ2n) is 6.51. The molecule has 0 fully saturated rings. The molecule has 0 unspecified atom stereocenters. The van der Waals surface area contributed by atoms with Crippen LogP contribution in [0.4, 0.5) is 0 Å². The lowest BCUT2D eigenvalue weighted by Crippen LogP contribution is -2.20. The topological polar surface area (TPSA) is 73.8 Å². The zero-order valence-electron chi connectivity index (χ0n) is 15.1. The predicted molar refractivity (Wildman–Crippen MR) is 99.9 cm³/mol. The molecule has 0 radical (unpaired) electrons. The Bertz CT molecular complexity index is 1200. The largest absolute Gasteiger partial charge is 0.334 e. The highest BCUT2D eigenvalue weighted by Gasteiger charge is 2.14. The lowest BCUT2D eigenvalue weighted by Gasteiger charge is -2.06. The molecule has 0 spiro atoms. The molecule has 26 heavy (non-hydrogen) atoms. The third kappa shape index (κ3) is 2.60. The molecule has 6 nitrogen and oxygen atoms in total. The van der Waals surface area contributed by atoms with Crippen LogP contribution >= 0.6 is 0 Å². The Balaban J connectivity index is 1.80. The van der Waals surface area contributed by atoms with Gasteiger partial charge in [-0.15, -0.1) is 0 Å². The van der Waals surface area contributed by atoms with Crippen LogP contribution in [-0.4, -0.2) is 19.7 Å². The molecule has 2 heterocycles. The van der Waals surface area contributed by atoms with E-state index >= 15 is 0 Å². The van der Waals surface area contributed by atoms with Gasteiger partial charge in [0.05, 0.1) is 11.0 Å². The van der Waals surface area contributed by atoms with Gasteiger partial charge in [0, 0.05) is 18.2 Å². The van der Waals surface area contributed by atoms with E-state index in [0.29, 0.717) is 17.4 Å². The van der Waals surface area contributed by atoms with Crippen molar-refractivity contribution in [2.24, 2.45) is 7.05 Å². The van der Waals surface area contributed by atoms with Gasteiger partial charge in [-0.2, -0.15) is 4.98 Å². The minimum Gasteiger partial charge on any atom is -0.334 e. The van der Waals surface area contributed by atoms with E-state index in [4.69, 9.17) is 4.52 Å². The van der Waals surface area contributed by atoms with Gasteiger partial charge in [-0.1, -0.05) is 22.9 Å². The summed E-state index contributed by atoms with van der Waals surface area (Å²) in [7, 11) is 1.74. The maximum atomic E-state index is 12.0. The summed E-state index contributed by atoms with van der Waals surface area (Å²) in [6.07, 6.45) is 0. The Morgan fingerprint density at radius 2 is 1.81 bits per heavy atom. The van der Waals surface area contributed by atoms with E-state index in [2.05, 4.69) is 21.2 Å². The Kier molecular flexibility index (Phi) is 3.68. The van der Waals surface area contributed by atoms with Crippen LogP contribution in [0.3, 0.4) is 0 Å². The van der Waals surface area contributed by atoms with Crippen molar-refractivity contribution >= 4 is 11.0 Å². The van der Waals surface area contributed by atoms with E-state index in [9.17, 15) is 4.79 Å². The molecular formula is C20H18N4O2. The van der Waals surface area contributed by atoms with Crippen LogP contribution in [-0.2, 0) is 7.05 Å². The van der Waals surface area contributed by atoms with Crippen molar-refractivity contribution in [2.75, 3.05) is 0 Å². The third-order valence-corrected chi connectivity index (χ3v) is 4.54. The molecule has 0 saturated heterocycles. The summed E-state index contributed by atoms with van der Waals surface area (Å²) in [6.45, 7) is 5.78. The van der Waals surface area contributed by atoms with Gasteiger partial charge in [-0.25, -0.2) is 4.98 Å². The molecule has 0 saturated carbocycles. The molecule has 4 rings (SSSR count). The van der Waals surface area contributed by atoms with Gasteiger partial charge >= 0.3 is 0 Å². The van der Waals surface area contributed by atoms with Gasteiger partial charge in [-0.3, -0.25) is 4.79 Å². The molecule has 2 aromatic carbocycles. The molecule has 6 heteroatoms.